The van der Waals surface area contributed by atoms with Crippen molar-refractivity contribution in [1.29, 1.82) is 0 Å². The summed E-state index contributed by atoms with van der Waals surface area (Å²) in [6, 6.07) is 6.86. The van der Waals surface area contributed by atoms with Crippen molar-refractivity contribution >= 4 is 15.1 Å². The highest BCUT2D eigenvalue weighted by molar-refractivity contribution is 6.48. The van der Waals surface area contributed by atoms with Crippen LogP contribution in [0.2, 0.25) is 0 Å². The van der Waals surface area contributed by atoms with Gasteiger partial charge in [0.2, 0.25) is 0 Å². The maximum Gasteiger partial charge on any atom is 0.440 e. The van der Waals surface area contributed by atoms with E-state index < -0.39 is 9.45 Å². The minimum Gasteiger partial charge on any atom is -0.508 e. The highest BCUT2D eigenvalue weighted by Crippen LogP contribution is 2.14. The Morgan fingerprint density at radius 3 is 2.13 bits per heavy atom. The summed E-state index contributed by atoms with van der Waals surface area (Å²) in [5.74, 6) is 0.256. The van der Waals surface area contributed by atoms with Crippen LogP contribution in [0.1, 0.15) is 13.8 Å². The molecule has 2 N–H and O–H groups in total. The number of hydrogen-bond donors (Lipinski definition) is 2. The number of nitrogens with one attached hydrogen (secondary N) is 1. The number of rotatable bonds is 6. The number of benzene rings is 1. The van der Waals surface area contributed by atoms with Crippen LogP contribution in [0.4, 0.5) is 5.69 Å². The third-order valence-electron chi connectivity index (χ3n) is 1.79. The predicted octanol–water partition coefficient (Wildman–Crippen LogP) is 1.59. The van der Waals surface area contributed by atoms with E-state index in [0.717, 1.165) is 5.69 Å². The zero-order valence-electron chi connectivity index (χ0n) is 9.06. The zero-order valence-corrected chi connectivity index (χ0v) is 10.2. The van der Waals surface area contributed by atoms with Gasteiger partial charge in [0.15, 0.2) is 0 Å². The van der Waals surface area contributed by atoms with Crippen LogP contribution < -0.4 is 4.98 Å². The normalized spacial score (nSPS) is 10.6. The Labute approximate surface area is 91.8 Å². The lowest BCUT2D eigenvalue weighted by Gasteiger charge is -2.16. The van der Waals surface area contributed by atoms with Gasteiger partial charge in [-0.25, -0.2) is 0 Å². The SMILES string of the molecule is CCO[SiH](Nc1ccc(O)cc1)OCC. The lowest BCUT2D eigenvalue weighted by molar-refractivity contribution is 0.219. The standard InChI is InChI=1S/C10H17NO3Si/c1-3-13-15(14-4-2)11-9-5-7-10(12)8-6-9/h5-8,11-12,15H,3-4H2,1-2H3. The van der Waals surface area contributed by atoms with Gasteiger partial charge in [0.1, 0.15) is 5.75 Å². The topological polar surface area (TPSA) is 50.7 Å². The Kier molecular flexibility index (Phi) is 5.17. The lowest BCUT2D eigenvalue weighted by Crippen LogP contribution is -2.32. The summed E-state index contributed by atoms with van der Waals surface area (Å²) in [5.41, 5.74) is 0.909. The molecule has 15 heavy (non-hydrogen) atoms. The summed E-state index contributed by atoms with van der Waals surface area (Å²) < 4.78 is 10.9. The first-order valence-corrected chi connectivity index (χ1v) is 6.57. The van der Waals surface area contributed by atoms with E-state index in [9.17, 15) is 0 Å². The fourth-order valence-electron chi connectivity index (χ4n) is 1.13. The fraction of sp³-hybridized carbons (Fsp3) is 0.400. The molecule has 0 fully saturated rings. The van der Waals surface area contributed by atoms with Crippen molar-refractivity contribution in [2.24, 2.45) is 0 Å². The van der Waals surface area contributed by atoms with E-state index in [4.69, 9.17) is 14.0 Å². The first-order valence-electron chi connectivity index (χ1n) is 5.05. The first kappa shape index (κ1) is 12.0. The van der Waals surface area contributed by atoms with Crippen LogP contribution in [0.5, 0.6) is 5.75 Å². The summed E-state index contributed by atoms with van der Waals surface area (Å²) in [6.07, 6.45) is 0. The van der Waals surface area contributed by atoms with Crippen molar-refractivity contribution in [2.75, 3.05) is 18.2 Å². The van der Waals surface area contributed by atoms with Crippen LogP contribution in [0.15, 0.2) is 24.3 Å². The van der Waals surface area contributed by atoms with Crippen LogP contribution in [0.25, 0.3) is 0 Å². The molecule has 1 rings (SSSR count). The molecule has 0 aliphatic rings. The van der Waals surface area contributed by atoms with Crippen molar-refractivity contribution < 1.29 is 14.0 Å². The van der Waals surface area contributed by atoms with Gasteiger partial charge in [-0.15, -0.1) is 0 Å². The third kappa shape index (κ3) is 4.33. The first-order chi connectivity index (χ1) is 7.26. The Morgan fingerprint density at radius 2 is 1.67 bits per heavy atom. The molecule has 0 unspecified atom stereocenters. The summed E-state index contributed by atoms with van der Waals surface area (Å²) >= 11 is 0. The summed E-state index contributed by atoms with van der Waals surface area (Å²) in [6.45, 7) is 5.17. The summed E-state index contributed by atoms with van der Waals surface area (Å²) in [5, 5.41) is 9.12. The molecule has 0 saturated carbocycles. The molecule has 0 aliphatic heterocycles. The molecule has 1 aromatic carbocycles. The molecule has 0 radical (unpaired) electrons. The molecule has 0 spiro atoms. The maximum atomic E-state index is 9.12. The van der Waals surface area contributed by atoms with Gasteiger partial charge in [0, 0.05) is 18.9 Å². The van der Waals surface area contributed by atoms with E-state index in [0.29, 0.717) is 13.2 Å². The van der Waals surface area contributed by atoms with Crippen LogP contribution >= 0.6 is 0 Å². The van der Waals surface area contributed by atoms with Crippen molar-refractivity contribution in [2.45, 2.75) is 13.8 Å². The van der Waals surface area contributed by atoms with Crippen molar-refractivity contribution in [3.05, 3.63) is 24.3 Å². The van der Waals surface area contributed by atoms with Gasteiger partial charge >= 0.3 is 9.45 Å². The average Bonchev–Trinajstić information content (AvgIpc) is 2.22. The van der Waals surface area contributed by atoms with Gasteiger partial charge in [0.05, 0.1) is 0 Å². The second-order valence-electron chi connectivity index (χ2n) is 2.93. The number of phenols is 1. The van der Waals surface area contributed by atoms with Crippen molar-refractivity contribution in [3.8, 4) is 5.75 Å². The monoisotopic (exact) mass is 227 g/mol. The highest BCUT2D eigenvalue weighted by Gasteiger charge is 2.11. The van der Waals surface area contributed by atoms with E-state index in [1.807, 2.05) is 13.8 Å². The van der Waals surface area contributed by atoms with Gasteiger partial charge in [-0.1, -0.05) is 0 Å². The fourth-order valence-corrected chi connectivity index (χ4v) is 2.46. The molecule has 4 nitrogen and oxygen atoms in total. The van der Waals surface area contributed by atoms with Gasteiger partial charge < -0.3 is 18.9 Å². The molecular formula is C10H17NO3Si. The lowest BCUT2D eigenvalue weighted by atomic mass is 10.3. The van der Waals surface area contributed by atoms with Crippen molar-refractivity contribution in [3.63, 3.8) is 0 Å². The number of aromatic hydroxyl groups is 1. The van der Waals surface area contributed by atoms with Crippen LogP contribution in [0.3, 0.4) is 0 Å². The second-order valence-corrected chi connectivity index (χ2v) is 4.55. The van der Waals surface area contributed by atoms with E-state index in [1.54, 1.807) is 24.3 Å². The molecule has 0 heterocycles. The number of hydrogen-bond acceptors (Lipinski definition) is 4. The largest absolute Gasteiger partial charge is 0.508 e. The predicted molar refractivity (Wildman–Crippen MR) is 62.1 cm³/mol. The van der Waals surface area contributed by atoms with Gasteiger partial charge in [0.25, 0.3) is 0 Å². The number of anilines is 1. The van der Waals surface area contributed by atoms with Crippen molar-refractivity contribution in [1.82, 2.24) is 0 Å². The third-order valence-corrected chi connectivity index (χ3v) is 3.63. The van der Waals surface area contributed by atoms with Gasteiger partial charge in [-0.2, -0.15) is 0 Å². The van der Waals surface area contributed by atoms with Gasteiger partial charge in [-0.3, -0.25) is 0 Å². The molecule has 0 amide bonds. The molecule has 0 atom stereocenters. The maximum absolute atomic E-state index is 9.12. The molecular weight excluding hydrogens is 210 g/mol. The Hall–Kier alpha value is -1.04. The molecule has 0 aromatic heterocycles. The highest BCUT2D eigenvalue weighted by atomic mass is 28.3. The Balaban J connectivity index is 2.53. The molecule has 0 saturated heterocycles. The second kappa shape index (κ2) is 6.44. The molecule has 1 aromatic rings. The smallest absolute Gasteiger partial charge is 0.440 e. The Morgan fingerprint density at radius 1 is 1.13 bits per heavy atom. The quantitative estimate of drug-likeness (QED) is 0.572. The molecule has 84 valence electrons. The van der Waals surface area contributed by atoms with E-state index in [1.165, 1.54) is 0 Å². The number of phenolic OH excluding ortho intramolecular Hbond substituents is 1. The van der Waals surface area contributed by atoms with Crippen LogP contribution in [-0.4, -0.2) is 27.8 Å². The van der Waals surface area contributed by atoms with E-state index in [-0.39, 0.29) is 5.75 Å². The summed E-state index contributed by atoms with van der Waals surface area (Å²) in [4.78, 5) is 3.19. The molecule has 0 bridgehead atoms. The Bertz CT molecular complexity index is 273. The molecule has 5 heteroatoms. The minimum atomic E-state index is -1.81. The van der Waals surface area contributed by atoms with Crippen LogP contribution in [0, 0.1) is 0 Å². The van der Waals surface area contributed by atoms with Crippen LogP contribution in [-0.2, 0) is 8.85 Å². The van der Waals surface area contributed by atoms with E-state index in [2.05, 4.69) is 4.98 Å². The average molecular weight is 227 g/mol. The zero-order chi connectivity index (χ0) is 11.1. The summed E-state index contributed by atoms with van der Waals surface area (Å²) in [7, 11) is -1.81. The van der Waals surface area contributed by atoms with E-state index >= 15 is 0 Å². The van der Waals surface area contributed by atoms with Gasteiger partial charge in [-0.05, 0) is 38.1 Å². The molecule has 0 aliphatic carbocycles. The minimum absolute atomic E-state index is 0.256.